The molecule has 0 unspecified atom stereocenters. The van der Waals surface area contributed by atoms with Crippen molar-refractivity contribution < 1.29 is 23.1 Å². The van der Waals surface area contributed by atoms with Gasteiger partial charge in [-0.2, -0.15) is 0 Å². The fourth-order valence-corrected chi connectivity index (χ4v) is 5.37. The zero-order valence-corrected chi connectivity index (χ0v) is 15.7. The largest absolute Gasteiger partial charge is 0.481 e. The van der Waals surface area contributed by atoms with Crippen molar-refractivity contribution in [2.75, 3.05) is 5.75 Å². The summed E-state index contributed by atoms with van der Waals surface area (Å²) in [5.74, 6) is -2.31. The van der Waals surface area contributed by atoms with Gasteiger partial charge in [-0.1, -0.05) is 49.2 Å². The van der Waals surface area contributed by atoms with E-state index >= 15 is 0 Å². The van der Waals surface area contributed by atoms with Gasteiger partial charge in [-0.05, 0) is 35.2 Å². The van der Waals surface area contributed by atoms with Crippen LogP contribution < -0.4 is 5.32 Å². The Morgan fingerprint density at radius 1 is 1.07 bits per heavy atom. The topological polar surface area (TPSA) is 101 Å². The molecule has 0 heterocycles. The van der Waals surface area contributed by atoms with Crippen LogP contribution in [0, 0.1) is 0 Å². The lowest BCUT2D eigenvalue weighted by Gasteiger charge is -2.19. The van der Waals surface area contributed by atoms with E-state index in [0.717, 1.165) is 23.6 Å². The van der Waals surface area contributed by atoms with Crippen LogP contribution in [-0.4, -0.2) is 36.4 Å². The van der Waals surface area contributed by atoms with Crippen LogP contribution in [0.25, 0.3) is 10.8 Å². The second kappa shape index (κ2) is 8.08. The summed E-state index contributed by atoms with van der Waals surface area (Å²) in [6, 6.07) is 12.3. The molecule has 0 radical (unpaired) electrons. The first-order valence-corrected chi connectivity index (χ1v) is 10.8. The summed E-state index contributed by atoms with van der Waals surface area (Å²) in [6.07, 6.45) is 2.61. The van der Waals surface area contributed by atoms with Crippen LogP contribution in [0.1, 0.15) is 43.7 Å². The average molecular weight is 389 g/mol. The van der Waals surface area contributed by atoms with Gasteiger partial charge >= 0.3 is 5.97 Å². The molecule has 1 aliphatic rings. The van der Waals surface area contributed by atoms with Gasteiger partial charge < -0.3 is 10.4 Å². The third-order valence-corrected chi connectivity index (χ3v) is 7.18. The Morgan fingerprint density at radius 2 is 1.74 bits per heavy atom. The van der Waals surface area contributed by atoms with Crippen LogP contribution in [0.4, 0.5) is 0 Å². The Labute approximate surface area is 158 Å². The maximum Gasteiger partial charge on any atom is 0.305 e. The molecule has 1 saturated carbocycles. The van der Waals surface area contributed by atoms with Gasteiger partial charge in [0, 0.05) is 0 Å². The lowest BCUT2D eigenvalue weighted by Crippen LogP contribution is -2.37. The summed E-state index contributed by atoms with van der Waals surface area (Å²) >= 11 is 0. The van der Waals surface area contributed by atoms with E-state index < -0.39 is 38.8 Å². The quantitative estimate of drug-likeness (QED) is 0.758. The molecule has 0 saturated heterocycles. The highest BCUT2D eigenvalue weighted by atomic mass is 32.2. The second-order valence-electron chi connectivity index (χ2n) is 7.04. The molecule has 0 spiro atoms. The van der Waals surface area contributed by atoms with Crippen LogP contribution in [-0.2, 0) is 19.4 Å². The number of sulfone groups is 1. The Hall–Kier alpha value is -2.41. The predicted molar refractivity (Wildman–Crippen MR) is 103 cm³/mol. The van der Waals surface area contributed by atoms with Crippen molar-refractivity contribution in [3.05, 3.63) is 48.0 Å². The number of aliphatic carboxylic acids is 1. The maximum absolute atomic E-state index is 12.4. The third-order valence-electron chi connectivity index (χ3n) is 5.03. The third kappa shape index (κ3) is 4.86. The minimum Gasteiger partial charge on any atom is -0.481 e. The number of benzene rings is 2. The van der Waals surface area contributed by atoms with Crippen molar-refractivity contribution in [1.29, 1.82) is 0 Å². The number of nitrogens with one attached hydrogen (secondary N) is 1. The molecular weight excluding hydrogens is 366 g/mol. The normalized spacial score (nSPS) is 16.3. The molecule has 1 aliphatic carbocycles. The van der Waals surface area contributed by atoms with Gasteiger partial charge in [-0.15, -0.1) is 0 Å². The van der Waals surface area contributed by atoms with Crippen molar-refractivity contribution in [3.63, 3.8) is 0 Å². The predicted octanol–water partition coefficient (Wildman–Crippen LogP) is 2.83. The van der Waals surface area contributed by atoms with Gasteiger partial charge in [-0.3, -0.25) is 9.59 Å². The molecule has 0 bridgehead atoms. The van der Waals surface area contributed by atoms with Crippen LogP contribution in [0.3, 0.4) is 0 Å². The molecule has 27 heavy (non-hydrogen) atoms. The summed E-state index contributed by atoms with van der Waals surface area (Å²) in [5, 5.41) is 13.3. The van der Waals surface area contributed by atoms with E-state index in [4.69, 9.17) is 0 Å². The van der Waals surface area contributed by atoms with Crippen molar-refractivity contribution in [3.8, 4) is 0 Å². The molecule has 6 nitrogen and oxygen atoms in total. The summed E-state index contributed by atoms with van der Waals surface area (Å²) in [7, 11) is -3.51. The van der Waals surface area contributed by atoms with E-state index in [1.54, 1.807) is 6.07 Å². The Kier molecular flexibility index (Phi) is 5.79. The summed E-state index contributed by atoms with van der Waals surface area (Å²) in [4.78, 5) is 23.6. The van der Waals surface area contributed by atoms with Crippen LogP contribution in [0.2, 0.25) is 0 Å². The molecule has 2 N–H and O–H groups in total. The standard InChI is InChI=1S/C20H23NO5S/c22-19(13-27(25,26)17-7-3-4-8-17)21-18(12-20(23)24)16-10-9-14-5-1-2-6-15(14)11-16/h1-2,5-6,9-11,17-18H,3-4,7-8,12-13H2,(H,21,22)(H,23,24)/t18-/m0/s1. The number of rotatable bonds is 7. The van der Waals surface area contributed by atoms with Crippen LogP contribution in [0.15, 0.2) is 42.5 Å². The highest BCUT2D eigenvalue weighted by molar-refractivity contribution is 7.92. The molecule has 0 aliphatic heterocycles. The summed E-state index contributed by atoms with van der Waals surface area (Å²) in [6.45, 7) is 0. The number of hydrogen-bond donors (Lipinski definition) is 2. The first-order valence-electron chi connectivity index (χ1n) is 9.06. The molecule has 2 aromatic carbocycles. The first-order chi connectivity index (χ1) is 12.8. The average Bonchev–Trinajstić information content (AvgIpc) is 3.15. The monoisotopic (exact) mass is 389 g/mol. The van der Waals surface area contributed by atoms with E-state index in [1.165, 1.54) is 0 Å². The molecule has 144 valence electrons. The molecule has 1 atom stereocenters. The molecular formula is C20H23NO5S. The van der Waals surface area contributed by atoms with E-state index in [-0.39, 0.29) is 6.42 Å². The van der Waals surface area contributed by atoms with Gasteiger partial charge in [-0.25, -0.2) is 8.42 Å². The van der Waals surface area contributed by atoms with E-state index in [0.29, 0.717) is 18.4 Å². The molecule has 7 heteroatoms. The van der Waals surface area contributed by atoms with E-state index in [2.05, 4.69) is 5.32 Å². The van der Waals surface area contributed by atoms with Crippen LogP contribution >= 0.6 is 0 Å². The number of carbonyl (C=O) groups excluding carboxylic acids is 1. The SMILES string of the molecule is O=C(O)C[C@H](NC(=O)CS(=O)(=O)C1CCCC1)c1ccc2ccccc2c1. The number of hydrogen-bond acceptors (Lipinski definition) is 4. The molecule has 3 rings (SSSR count). The van der Waals surface area contributed by atoms with Gasteiger partial charge in [0.15, 0.2) is 9.84 Å². The Balaban J connectivity index is 1.77. The zero-order valence-electron chi connectivity index (χ0n) is 14.9. The zero-order chi connectivity index (χ0) is 19.4. The van der Waals surface area contributed by atoms with Gasteiger partial charge in [0.25, 0.3) is 0 Å². The smallest absolute Gasteiger partial charge is 0.305 e. The lowest BCUT2D eigenvalue weighted by molar-refractivity contribution is -0.137. The summed E-state index contributed by atoms with van der Waals surface area (Å²) < 4.78 is 24.8. The van der Waals surface area contributed by atoms with Crippen molar-refractivity contribution in [1.82, 2.24) is 5.32 Å². The lowest BCUT2D eigenvalue weighted by atomic mass is 9.99. The molecule has 1 amide bonds. The van der Waals surface area contributed by atoms with E-state index in [1.807, 2.05) is 36.4 Å². The number of carbonyl (C=O) groups is 2. The van der Waals surface area contributed by atoms with Gasteiger partial charge in [0.1, 0.15) is 5.75 Å². The molecule has 1 fully saturated rings. The number of carboxylic acids is 1. The van der Waals surface area contributed by atoms with Gasteiger partial charge in [0.05, 0.1) is 17.7 Å². The van der Waals surface area contributed by atoms with Crippen molar-refractivity contribution in [2.45, 2.75) is 43.4 Å². The minimum absolute atomic E-state index is 0.312. The van der Waals surface area contributed by atoms with Crippen molar-refractivity contribution in [2.24, 2.45) is 0 Å². The number of carboxylic acid groups (broad SMARTS) is 1. The number of amides is 1. The fourth-order valence-electron chi connectivity index (χ4n) is 3.64. The van der Waals surface area contributed by atoms with E-state index in [9.17, 15) is 23.1 Å². The highest BCUT2D eigenvalue weighted by Crippen LogP contribution is 2.26. The number of fused-ring (bicyclic) bond motifs is 1. The molecule has 0 aromatic heterocycles. The Bertz CT molecular complexity index is 948. The first kappa shape index (κ1) is 19.4. The second-order valence-corrected chi connectivity index (χ2v) is 9.32. The van der Waals surface area contributed by atoms with Gasteiger partial charge in [0.2, 0.25) is 5.91 Å². The molecule has 2 aromatic rings. The maximum atomic E-state index is 12.4. The summed E-state index contributed by atoms with van der Waals surface area (Å²) in [5.41, 5.74) is 0.641. The fraction of sp³-hybridized carbons (Fsp3) is 0.400. The Morgan fingerprint density at radius 3 is 2.41 bits per heavy atom. The van der Waals surface area contributed by atoms with Crippen LogP contribution in [0.5, 0.6) is 0 Å². The minimum atomic E-state index is -3.51. The highest BCUT2D eigenvalue weighted by Gasteiger charge is 2.31. The van der Waals surface area contributed by atoms with Crippen molar-refractivity contribution >= 4 is 32.5 Å².